The van der Waals surface area contributed by atoms with Gasteiger partial charge in [-0.3, -0.25) is 0 Å². The van der Waals surface area contributed by atoms with Crippen LogP contribution < -0.4 is 4.72 Å². The Labute approximate surface area is 161 Å². The molecule has 0 bridgehead atoms. The Morgan fingerprint density at radius 2 is 2.08 bits per heavy atom. The lowest BCUT2D eigenvalue weighted by molar-refractivity contribution is 0.0204. The van der Waals surface area contributed by atoms with Crippen LogP contribution >= 0.6 is 34.8 Å². The Hall–Kier alpha value is -0.900. The van der Waals surface area contributed by atoms with E-state index < -0.39 is 15.6 Å². The lowest BCUT2D eigenvalue weighted by Crippen LogP contribution is -2.44. The predicted octanol–water partition coefficient (Wildman–Crippen LogP) is 2.02. The third-order valence-electron chi connectivity index (χ3n) is 3.45. The number of aromatic nitrogens is 3. The second kappa shape index (κ2) is 8.66. The first-order valence-corrected chi connectivity index (χ1v) is 10.2. The van der Waals surface area contributed by atoms with Gasteiger partial charge in [-0.15, -0.1) is 11.6 Å². The first kappa shape index (κ1) is 20.4. The summed E-state index contributed by atoms with van der Waals surface area (Å²) < 4.78 is 27.9. The molecule has 7 nitrogen and oxygen atoms in total. The van der Waals surface area contributed by atoms with Crippen molar-refractivity contribution in [1.82, 2.24) is 19.5 Å². The summed E-state index contributed by atoms with van der Waals surface area (Å²) in [6, 6.07) is 4.60. The predicted molar refractivity (Wildman–Crippen MR) is 97.5 cm³/mol. The molecule has 0 saturated heterocycles. The van der Waals surface area contributed by atoms with Gasteiger partial charge in [0.25, 0.3) is 0 Å². The van der Waals surface area contributed by atoms with Gasteiger partial charge >= 0.3 is 0 Å². The topological polar surface area (TPSA) is 97.1 Å². The summed E-state index contributed by atoms with van der Waals surface area (Å²) in [7, 11) is -3.59. The van der Waals surface area contributed by atoms with Crippen molar-refractivity contribution in [3.8, 4) is 0 Å². The number of hydrogen-bond donors (Lipinski definition) is 2. The van der Waals surface area contributed by atoms with Crippen LogP contribution in [0.3, 0.4) is 0 Å². The van der Waals surface area contributed by atoms with E-state index in [0.717, 1.165) is 0 Å². The Balaban J connectivity index is 2.29. The Kier molecular flexibility index (Phi) is 7.07. The van der Waals surface area contributed by atoms with Crippen LogP contribution in [0.25, 0.3) is 0 Å². The molecule has 2 N–H and O–H groups in total. The molecule has 0 radical (unpaired) electrons. The summed E-state index contributed by atoms with van der Waals surface area (Å²) in [6.07, 6.45) is 3.03. The average molecular weight is 428 g/mol. The summed E-state index contributed by atoms with van der Waals surface area (Å²) in [5.41, 5.74) is -1.32. The number of alkyl halides is 1. The molecule has 2 rings (SSSR count). The monoisotopic (exact) mass is 426 g/mol. The Bertz CT molecular complexity index is 802. The van der Waals surface area contributed by atoms with E-state index in [1.54, 1.807) is 12.1 Å². The van der Waals surface area contributed by atoms with Gasteiger partial charge in [-0.05, 0) is 18.6 Å². The summed E-state index contributed by atoms with van der Waals surface area (Å²) >= 11 is 17.6. The van der Waals surface area contributed by atoms with Crippen LogP contribution in [-0.4, -0.2) is 46.5 Å². The van der Waals surface area contributed by atoms with E-state index in [4.69, 9.17) is 34.8 Å². The Morgan fingerprint density at radius 3 is 2.68 bits per heavy atom. The lowest BCUT2D eigenvalue weighted by Gasteiger charge is -2.29. The molecule has 1 aromatic carbocycles. The van der Waals surface area contributed by atoms with Gasteiger partial charge in [0.2, 0.25) is 10.0 Å². The normalized spacial score (nSPS) is 14.4. The van der Waals surface area contributed by atoms with Gasteiger partial charge in [0.1, 0.15) is 18.3 Å². The molecular weight excluding hydrogens is 411 g/mol. The third-order valence-corrected chi connectivity index (χ3v) is 5.68. The van der Waals surface area contributed by atoms with E-state index >= 15 is 0 Å². The maximum Gasteiger partial charge on any atom is 0.211 e. The zero-order valence-electron chi connectivity index (χ0n) is 13.1. The first-order chi connectivity index (χ1) is 11.8. The van der Waals surface area contributed by atoms with Crippen molar-refractivity contribution < 1.29 is 13.5 Å². The number of halogens is 3. The summed E-state index contributed by atoms with van der Waals surface area (Å²) in [5, 5.41) is 15.7. The van der Waals surface area contributed by atoms with Crippen LogP contribution in [0.5, 0.6) is 0 Å². The molecule has 0 aliphatic rings. The Morgan fingerprint density at radius 1 is 1.32 bits per heavy atom. The molecule has 1 unspecified atom stereocenters. The van der Waals surface area contributed by atoms with Crippen LogP contribution in [-0.2, 0) is 22.2 Å². The standard InChI is InChI=1S/C14H17Cl3N4O3S/c15-4-1-5-25(23,24)20-7-14(22,8-21-10-18-9-19-21)12-3-2-11(16)6-13(12)17/h2-3,6,9-10,20,22H,1,4-5,7-8H2. The summed E-state index contributed by atoms with van der Waals surface area (Å²) in [6.45, 7) is -0.342. The van der Waals surface area contributed by atoms with Crippen molar-refractivity contribution in [2.24, 2.45) is 0 Å². The summed E-state index contributed by atoms with van der Waals surface area (Å²) in [4.78, 5) is 3.82. The van der Waals surface area contributed by atoms with Crippen molar-refractivity contribution in [3.63, 3.8) is 0 Å². The van der Waals surface area contributed by atoms with E-state index in [1.807, 2.05) is 0 Å². The van der Waals surface area contributed by atoms with E-state index in [2.05, 4.69) is 14.8 Å². The minimum atomic E-state index is -3.59. The van der Waals surface area contributed by atoms with Gasteiger partial charge in [0, 0.05) is 28.0 Å². The largest absolute Gasteiger partial charge is 0.382 e. The van der Waals surface area contributed by atoms with Crippen molar-refractivity contribution >= 4 is 44.8 Å². The molecule has 0 spiro atoms. The number of nitrogens with one attached hydrogen (secondary N) is 1. The zero-order valence-corrected chi connectivity index (χ0v) is 16.2. The van der Waals surface area contributed by atoms with Gasteiger partial charge in [0.15, 0.2) is 0 Å². The molecule has 1 aromatic heterocycles. The zero-order chi connectivity index (χ0) is 18.5. The quantitative estimate of drug-likeness (QED) is 0.597. The number of benzene rings is 1. The third kappa shape index (κ3) is 5.80. The van der Waals surface area contributed by atoms with Crippen LogP contribution in [0.1, 0.15) is 12.0 Å². The van der Waals surface area contributed by atoms with Crippen molar-refractivity contribution in [2.75, 3.05) is 18.2 Å². The fraction of sp³-hybridized carbons (Fsp3) is 0.429. The van der Waals surface area contributed by atoms with E-state index in [0.29, 0.717) is 17.0 Å². The highest BCUT2D eigenvalue weighted by atomic mass is 35.5. The highest BCUT2D eigenvalue weighted by Crippen LogP contribution is 2.31. The lowest BCUT2D eigenvalue weighted by atomic mass is 9.94. The fourth-order valence-corrected chi connectivity index (χ4v) is 4.24. The molecule has 0 fully saturated rings. The molecule has 1 atom stereocenters. The maximum atomic E-state index is 12.0. The minimum absolute atomic E-state index is 0.0492. The molecule has 0 amide bonds. The van der Waals surface area contributed by atoms with Gasteiger partial charge < -0.3 is 5.11 Å². The molecule has 11 heteroatoms. The molecule has 1 heterocycles. The van der Waals surface area contributed by atoms with Crippen LogP contribution in [0, 0.1) is 0 Å². The van der Waals surface area contributed by atoms with Crippen LogP contribution in [0.15, 0.2) is 30.9 Å². The SMILES string of the molecule is O=S(=O)(CCCCl)NCC(O)(Cn1cncn1)c1ccc(Cl)cc1Cl. The smallest absolute Gasteiger partial charge is 0.211 e. The number of rotatable bonds is 9. The van der Waals surface area contributed by atoms with Gasteiger partial charge in [0.05, 0.1) is 12.3 Å². The molecular formula is C14H17Cl3N4O3S. The summed E-state index contributed by atoms with van der Waals surface area (Å²) in [5.74, 6) is 0.0946. The number of sulfonamides is 1. The molecule has 138 valence electrons. The van der Waals surface area contributed by atoms with Crippen LogP contribution in [0.4, 0.5) is 0 Å². The van der Waals surface area contributed by atoms with Crippen molar-refractivity contribution in [1.29, 1.82) is 0 Å². The van der Waals surface area contributed by atoms with E-state index in [9.17, 15) is 13.5 Å². The van der Waals surface area contributed by atoms with Gasteiger partial charge in [-0.25, -0.2) is 22.8 Å². The van der Waals surface area contributed by atoms with E-state index in [1.165, 1.54) is 23.4 Å². The maximum absolute atomic E-state index is 12.0. The average Bonchev–Trinajstić information content (AvgIpc) is 3.04. The minimum Gasteiger partial charge on any atom is -0.382 e. The molecule has 25 heavy (non-hydrogen) atoms. The molecule has 0 saturated carbocycles. The van der Waals surface area contributed by atoms with E-state index in [-0.39, 0.29) is 29.7 Å². The first-order valence-electron chi connectivity index (χ1n) is 7.29. The number of nitrogens with zero attached hydrogens (tertiary/aromatic N) is 3. The highest BCUT2D eigenvalue weighted by molar-refractivity contribution is 7.89. The molecule has 0 aliphatic heterocycles. The fourth-order valence-electron chi connectivity index (χ4n) is 2.23. The molecule has 2 aromatic rings. The number of aliphatic hydroxyl groups is 1. The number of hydrogen-bond acceptors (Lipinski definition) is 5. The van der Waals surface area contributed by atoms with Crippen LogP contribution in [0.2, 0.25) is 10.0 Å². The van der Waals surface area contributed by atoms with Crippen molar-refractivity contribution in [3.05, 3.63) is 46.5 Å². The van der Waals surface area contributed by atoms with Crippen molar-refractivity contribution in [2.45, 2.75) is 18.6 Å². The van der Waals surface area contributed by atoms with Gasteiger partial charge in [-0.2, -0.15) is 5.10 Å². The second-order valence-corrected chi connectivity index (χ2v) is 8.58. The highest BCUT2D eigenvalue weighted by Gasteiger charge is 2.34. The molecule has 0 aliphatic carbocycles. The second-order valence-electron chi connectivity index (χ2n) is 5.43. The van der Waals surface area contributed by atoms with Gasteiger partial charge in [-0.1, -0.05) is 29.3 Å².